The second-order valence-electron chi connectivity index (χ2n) is 8.95. The van der Waals surface area contributed by atoms with Crippen LogP contribution in [0.15, 0.2) is 60.7 Å². The first-order chi connectivity index (χ1) is 15.5. The van der Waals surface area contributed by atoms with Gasteiger partial charge in [0.15, 0.2) is 0 Å². The number of hydrogen-bond donors (Lipinski definition) is 0. The van der Waals surface area contributed by atoms with Crippen LogP contribution in [-0.2, 0) is 35.8 Å². The molecule has 0 spiro atoms. The number of rotatable bonds is 3. The van der Waals surface area contributed by atoms with Crippen molar-refractivity contribution in [1.82, 2.24) is 0 Å². The number of aryl methyl sites for hydroxylation is 4. The van der Waals surface area contributed by atoms with Crippen LogP contribution in [-0.4, -0.2) is 11.5 Å². The van der Waals surface area contributed by atoms with Crippen molar-refractivity contribution in [2.24, 2.45) is 5.92 Å². The molecule has 0 unspecified atom stereocenters. The number of hydrogen-bond acceptors (Lipinski definition) is 0. The Bertz CT molecular complexity index is 1100. The zero-order valence-electron chi connectivity index (χ0n) is 20.2. The predicted octanol–water partition coefficient (Wildman–Crippen LogP) is 8.00. The summed E-state index contributed by atoms with van der Waals surface area (Å²) < 4.78 is 0. The first kappa shape index (κ1) is 25.2. The Balaban J connectivity index is 0.000000139. The van der Waals surface area contributed by atoms with Crippen LogP contribution in [0.4, 0.5) is 0 Å². The van der Waals surface area contributed by atoms with Crippen LogP contribution in [0.3, 0.4) is 0 Å². The Morgan fingerprint density at radius 2 is 1.31 bits per heavy atom. The summed E-state index contributed by atoms with van der Waals surface area (Å²) in [4.78, 5) is 0. The summed E-state index contributed by atoms with van der Waals surface area (Å²) in [7, 11) is 0. The summed E-state index contributed by atoms with van der Waals surface area (Å²) in [5.41, 5.74) is 8.21. The van der Waals surface area contributed by atoms with Gasteiger partial charge in [-0.25, -0.2) is 0 Å². The molecule has 164 valence electrons. The van der Waals surface area contributed by atoms with Gasteiger partial charge in [0.2, 0.25) is 0 Å². The zero-order chi connectivity index (χ0) is 22.9. The molecule has 0 nitrogen and oxygen atoms in total. The molecular formula is C30H36HfSi. The van der Waals surface area contributed by atoms with Crippen molar-refractivity contribution in [2.75, 3.05) is 0 Å². The van der Waals surface area contributed by atoms with Crippen molar-refractivity contribution >= 4 is 33.0 Å². The maximum absolute atomic E-state index is 2.55. The van der Waals surface area contributed by atoms with Gasteiger partial charge in [-0.3, -0.25) is 0 Å². The van der Waals surface area contributed by atoms with Crippen LogP contribution in [0.2, 0.25) is 0 Å². The Kier molecular flexibility index (Phi) is 10.1. The average molecular weight is 603 g/mol. The van der Waals surface area contributed by atoms with Gasteiger partial charge in [0, 0.05) is 0 Å². The van der Waals surface area contributed by atoms with E-state index >= 15 is 0 Å². The van der Waals surface area contributed by atoms with E-state index in [1.807, 2.05) is 0 Å². The zero-order valence-corrected chi connectivity index (χ0v) is 24.8. The standard InChI is InChI=1S/2C12H13.C6H10Si.Hf/c2*1-3-10-7-11-6-4-5-9(2)12(11)8-10;7-5-6-3-1-2-4-6;/h2*4-8H,3H2,1-2H3;5-6H,1-4H2;/q2*-1;;+2. The summed E-state index contributed by atoms with van der Waals surface area (Å²) in [6.45, 7) is 8.73. The molecule has 0 aliphatic heterocycles. The second kappa shape index (κ2) is 12.7. The van der Waals surface area contributed by atoms with E-state index in [1.54, 1.807) is 0 Å². The summed E-state index contributed by atoms with van der Waals surface area (Å²) in [5, 5.41) is 5.59. The maximum atomic E-state index is 2.55. The van der Waals surface area contributed by atoms with Gasteiger partial charge in [-0.05, 0) is 26.7 Å². The van der Waals surface area contributed by atoms with Crippen LogP contribution in [0.25, 0.3) is 21.5 Å². The van der Waals surface area contributed by atoms with E-state index < -0.39 is 0 Å². The molecule has 2 heteroatoms. The molecular weight excluding hydrogens is 567 g/mol. The molecule has 0 saturated heterocycles. The van der Waals surface area contributed by atoms with Gasteiger partial charge in [0.25, 0.3) is 0 Å². The van der Waals surface area contributed by atoms with Crippen molar-refractivity contribution in [3.8, 4) is 0 Å². The topological polar surface area (TPSA) is 0 Å². The quantitative estimate of drug-likeness (QED) is 0.165. The van der Waals surface area contributed by atoms with Gasteiger partial charge in [-0.15, -0.1) is 69.1 Å². The molecule has 4 aromatic carbocycles. The van der Waals surface area contributed by atoms with Gasteiger partial charge in [0.05, 0.1) is 0 Å². The molecule has 0 radical (unpaired) electrons. The molecule has 0 N–H and O–H groups in total. The first-order valence-corrected chi connectivity index (χ1v) is 18.6. The van der Waals surface area contributed by atoms with Crippen molar-refractivity contribution in [3.05, 3.63) is 82.9 Å². The van der Waals surface area contributed by atoms with Gasteiger partial charge in [0.1, 0.15) is 0 Å². The van der Waals surface area contributed by atoms with Crippen LogP contribution in [0.5, 0.6) is 0 Å². The van der Waals surface area contributed by atoms with Crippen LogP contribution < -0.4 is 0 Å². The van der Waals surface area contributed by atoms with E-state index in [0.717, 1.165) is 18.8 Å². The van der Waals surface area contributed by atoms with Crippen molar-refractivity contribution in [3.63, 3.8) is 0 Å². The van der Waals surface area contributed by atoms with Gasteiger partial charge >= 0.3 is 66.1 Å². The SMILES string of the molecule is CCc1cc2c(C)cccc2[cH-]1.CCc1cc2c(C)cccc2[cH-]1.[Hf+2]=[Si]=CC1CCCC1. The van der Waals surface area contributed by atoms with E-state index in [1.165, 1.54) is 98.3 Å². The first-order valence-electron chi connectivity index (χ1n) is 12.1. The molecule has 0 amide bonds. The Morgan fingerprint density at radius 1 is 0.844 bits per heavy atom. The monoisotopic (exact) mass is 604 g/mol. The fraction of sp³-hybridized carbons (Fsp3) is 0.367. The minimum atomic E-state index is 1.03. The van der Waals surface area contributed by atoms with Crippen molar-refractivity contribution < 1.29 is 23.0 Å². The Hall–Kier alpha value is -1.38. The van der Waals surface area contributed by atoms with Crippen LogP contribution in [0.1, 0.15) is 61.8 Å². The molecule has 1 fully saturated rings. The minimum absolute atomic E-state index is 1.03. The summed E-state index contributed by atoms with van der Waals surface area (Å²) in [6, 6.07) is 22.1. The normalized spacial score (nSPS) is 13.3. The molecule has 4 aromatic rings. The van der Waals surface area contributed by atoms with E-state index in [9.17, 15) is 0 Å². The van der Waals surface area contributed by atoms with Crippen molar-refractivity contribution in [1.29, 1.82) is 0 Å². The van der Waals surface area contributed by atoms with Gasteiger partial charge < -0.3 is 0 Å². The fourth-order valence-corrected chi connectivity index (χ4v) is 7.67. The molecule has 1 saturated carbocycles. The molecule has 0 aromatic heterocycles. The molecule has 5 rings (SSSR count). The van der Waals surface area contributed by atoms with E-state index in [-0.39, 0.29) is 0 Å². The van der Waals surface area contributed by atoms with E-state index in [2.05, 4.69) is 94.0 Å². The van der Waals surface area contributed by atoms with E-state index in [4.69, 9.17) is 0 Å². The number of fused-ring (bicyclic) bond motifs is 2. The molecule has 0 atom stereocenters. The molecule has 1 aliphatic carbocycles. The summed E-state index contributed by atoms with van der Waals surface area (Å²) >= 11 is 1.40. The molecule has 32 heavy (non-hydrogen) atoms. The van der Waals surface area contributed by atoms with Crippen LogP contribution >= 0.6 is 0 Å². The van der Waals surface area contributed by atoms with Crippen molar-refractivity contribution in [2.45, 2.75) is 66.2 Å². The Morgan fingerprint density at radius 3 is 1.69 bits per heavy atom. The van der Waals surface area contributed by atoms with E-state index in [0.29, 0.717) is 0 Å². The van der Waals surface area contributed by atoms with Gasteiger partial charge in [-0.1, -0.05) is 37.1 Å². The van der Waals surface area contributed by atoms with Gasteiger partial charge in [-0.2, -0.15) is 12.1 Å². The average Bonchev–Trinajstić information content (AvgIpc) is 3.55. The summed E-state index contributed by atoms with van der Waals surface area (Å²) in [5.74, 6) is 2.24. The third-order valence-electron chi connectivity index (χ3n) is 6.59. The molecule has 0 bridgehead atoms. The van der Waals surface area contributed by atoms with Crippen LogP contribution in [0, 0.1) is 19.8 Å². The number of benzene rings is 2. The second-order valence-corrected chi connectivity index (χ2v) is 12.7. The predicted molar refractivity (Wildman–Crippen MR) is 141 cm³/mol. The third kappa shape index (κ3) is 6.81. The fourth-order valence-electron chi connectivity index (χ4n) is 4.56. The Labute approximate surface area is 210 Å². The molecule has 1 aliphatic rings. The third-order valence-corrected chi connectivity index (χ3v) is 9.03. The summed E-state index contributed by atoms with van der Waals surface area (Å²) in [6.07, 6.45) is 8.24. The molecule has 0 heterocycles.